The van der Waals surface area contributed by atoms with Gasteiger partial charge in [0, 0.05) is 6.04 Å². The van der Waals surface area contributed by atoms with Crippen LogP contribution in [0.1, 0.15) is 71.2 Å². The molecule has 1 aromatic heterocycles. The smallest absolute Gasteiger partial charge is 0.0701 e. The van der Waals surface area contributed by atoms with Crippen LogP contribution in [0.2, 0.25) is 0 Å². The van der Waals surface area contributed by atoms with Crippen LogP contribution in [0.4, 0.5) is 0 Å². The minimum Gasteiger partial charge on any atom is -0.309 e. The van der Waals surface area contributed by atoms with Crippen molar-refractivity contribution in [1.29, 1.82) is 0 Å². The molecule has 1 fully saturated rings. The lowest BCUT2D eigenvalue weighted by Gasteiger charge is -2.34. The van der Waals surface area contributed by atoms with E-state index in [2.05, 4.69) is 58.7 Å². The zero-order valence-electron chi connectivity index (χ0n) is 13.2. The molecule has 2 rings (SSSR count). The number of nitrogens with zero attached hydrogens (tertiary/aromatic N) is 2. The summed E-state index contributed by atoms with van der Waals surface area (Å²) < 4.78 is 3.32. The Hall–Kier alpha value is -0.350. The van der Waals surface area contributed by atoms with Gasteiger partial charge in [-0.1, -0.05) is 26.7 Å². The molecule has 1 aliphatic rings. The highest BCUT2D eigenvalue weighted by molar-refractivity contribution is 9.10. The summed E-state index contributed by atoms with van der Waals surface area (Å²) >= 11 is 3.71. The summed E-state index contributed by atoms with van der Waals surface area (Å²) in [4.78, 5) is 0. The quantitative estimate of drug-likeness (QED) is 0.840. The highest BCUT2D eigenvalue weighted by Gasteiger charge is 2.30. The van der Waals surface area contributed by atoms with Crippen molar-refractivity contribution in [3.8, 4) is 0 Å². The largest absolute Gasteiger partial charge is 0.309 e. The van der Waals surface area contributed by atoms with Crippen molar-refractivity contribution in [3.63, 3.8) is 0 Å². The first-order chi connectivity index (χ1) is 9.54. The van der Waals surface area contributed by atoms with Gasteiger partial charge in [-0.3, -0.25) is 4.68 Å². The maximum Gasteiger partial charge on any atom is 0.0701 e. The molecule has 0 radical (unpaired) electrons. The maximum atomic E-state index is 4.56. The van der Waals surface area contributed by atoms with Crippen molar-refractivity contribution in [2.75, 3.05) is 6.54 Å². The standard InChI is InChI=1S/C16H28BrN3/c1-5-18-15(13-8-6-12(4)7-9-13)16-14(17)10-19-20(16)11(2)3/h10-13,15,18H,5-9H2,1-4H3. The molecule has 1 saturated carbocycles. The highest BCUT2D eigenvalue weighted by atomic mass is 79.9. The van der Waals surface area contributed by atoms with Gasteiger partial charge in [0.1, 0.15) is 0 Å². The van der Waals surface area contributed by atoms with Gasteiger partial charge in [0.05, 0.1) is 22.4 Å². The summed E-state index contributed by atoms with van der Waals surface area (Å²) in [5.41, 5.74) is 1.33. The van der Waals surface area contributed by atoms with Crippen molar-refractivity contribution in [2.24, 2.45) is 11.8 Å². The predicted molar refractivity (Wildman–Crippen MR) is 87.9 cm³/mol. The van der Waals surface area contributed by atoms with E-state index >= 15 is 0 Å². The van der Waals surface area contributed by atoms with Gasteiger partial charge in [-0.05, 0) is 61.0 Å². The van der Waals surface area contributed by atoms with E-state index in [1.807, 2.05) is 6.20 Å². The second-order valence-electron chi connectivity index (χ2n) is 6.47. The van der Waals surface area contributed by atoms with Gasteiger partial charge in [0.25, 0.3) is 0 Å². The van der Waals surface area contributed by atoms with E-state index < -0.39 is 0 Å². The van der Waals surface area contributed by atoms with E-state index in [0.717, 1.165) is 22.9 Å². The van der Waals surface area contributed by atoms with Gasteiger partial charge in [0.2, 0.25) is 0 Å². The van der Waals surface area contributed by atoms with Crippen molar-refractivity contribution in [1.82, 2.24) is 15.1 Å². The summed E-state index contributed by atoms with van der Waals surface area (Å²) in [6.07, 6.45) is 7.33. The molecule has 0 bridgehead atoms. The third kappa shape index (κ3) is 3.45. The Bertz CT molecular complexity index is 419. The summed E-state index contributed by atoms with van der Waals surface area (Å²) in [5.74, 6) is 1.63. The topological polar surface area (TPSA) is 29.9 Å². The average molecular weight is 342 g/mol. The molecule has 1 unspecified atom stereocenters. The molecule has 4 heteroatoms. The molecular weight excluding hydrogens is 314 g/mol. The molecule has 1 atom stereocenters. The number of halogens is 1. The highest BCUT2D eigenvalue weighted by Crippen LogP contribution is 2.39. The molecule has 1 aliphatic carbocycles. The Morgan fingerprint density at radius 1 is 1.35 bits per heavy atom. The minimum atomic E-state index is 0.403. The molecule has 1 aromatic rings. The Morgan fingerprint density at radius 2 is 2.00 bits per heavy atom. The lowest BCUT2D eigenvalue weighted by molar-refractivity contribution is 0.224. The van der Waals surface area contributed by atoms with Crippen LogP contribution in [0, 0.1) is 11.8 Å². The van der Waals surface area contributed by atoms with Crippen LogP contribution < -0.4 is 5.32 Å². The lowest BCUT2D eigenvalue weighted by atomic mass is 9.78. The second-order valence-corrected chi connectivity index (χ2v) is 7.33. The van der Waals surface area contributed by atoms with Crippen molar-refractivity contribution in [3.05, 3.63) is 16.4 Å². The predicted octanol–water partition coefficient (Wildman–Crippen LogP) is 4.70. The molecule has 20 heavy (non-hydrogen) atoms. The van der Waals surface area contributed by atoms with Gasteiger partial charge in [-0.2, -0.15) is 5.10 Å². The van der Waals surface area contributed by atoms with Crippen LogP contribution in [0.25, 0.3) is 0 Å². The zero-order valence-corrected chi connectivity index (χ0v) is 14.8. The van der Waals surface area contributed by atoms with E-state index in [4.69, 9.17) is 0 Å². The van der Waals surface area contributed by atoms with Crippen LogP contribution in [0.5, 0.6) is 0 Å². The molecule has 114 valence electrons. The van der Waals surface area contributed by atoms with Gasteiger partial charge < -0.3 is 5.32 Å². The molecule has 0 saturated heterocycles. The van der Waals surface area contributed by atoms with Crippen LogP contribution in [-0.2, 0) is 0 Å². The number of rotatable bonds is 5. The Kier molecular flexibility index (Phi) is 5.67. The molecule has 3 nitrogen and oxygen atoms in total. The lowest BCUT2D eigenvalue weighted by Crippen LogP contribution is -2.33. The molecule has 1 heterocycles. The minimum absolute atomic E-state index is 0.403. The number of nitrogens with one attached hydrogen (secondary N) is 1. The van der Waals surface area contributed by atoms with Crippen LogP contribution >= 0.6 is 15.9 Å². The fraction of sp³-hybridized carbons (Fsp3) is 0.812. The monoisotopic (exact) mass is 341 g/mol. The SMILES string of the molecule is CCNC(c1c(Br)cnn1C(C)C)C1CCC(C)CC1. The van der Waals surface area contributed by atoms with Gasteiger partial charge in [-0.25, -0.2) is 0 Å². The van der Waals surface area contributed by atoms with E-state index in [9.17, 15) is 0 Å². The summed E-state index contributed by atoms with van der Waals surface area (Å²) in [6, 6.07) is 0.826. The van der Waals surface area contributed by atoms with E-state index in [0.29, 0.717) is 12.1 Å². The summed E-state index contributed by atoms with van der Waals surface area (Å²) in [7, 11) is 0. The van der Waals surface area contributed by atoms with Crippen molar-refractivity contribution >= 4 is 15.9 Å². The molecular formula is C16H28BrN3. The first-order valence-electron chi connectivity index (χ1n) is 8.00. The molecule has 0 aliphatic heterocycles. The Labute approximate surface area is 131 Å². The summed E-state index contributed by atoms with van der Waals surface area (Å²) in [6.45, 7) is 9.99. The molecule has 0 spiro atoms. The fourth-order valence-corrected chi connectivity index (χ4v) is 3.90. The van der Waals surface area contributed by atoms with Gasteiger partial charge in [-0.15, -0.1) is 0 Å². The van der Waals surface area contributed by atoms with Crippen LogP contribution in [-0.4, -0.2) is 16.3 Å². The average Bonchev–Trinajstić information content (AvgIpc) is 2.79. The number of hydrogen-bond donors (Lipinski definition) is 1. The normalized spacial score (nSPS) is 25.1. The second kappa shape index (κ2) is 7.08. The first kappa shape index (κ1) is 16.0. The Balaban J connectivity index is 2.26. The van der Waals surface area contributed by atoms with E-state index in [1.54, 1.807) is 0 Å². The van der Waals surface area contributed by atoms with E-state index in [-0.39, 0.29) is 0 Å². The van der Waals surface area contributed by atoms with Crippen molar-refractivity contribution < 1.29 is 0 Å². The third-order valence-electron chi connectivity index (χ3n) is 4.53. The summed E-state index contributed by atoms with van der Waals surface area (Å²) in [5, 5.41) is 8.27. The maximum absolute atomic E-state index is 4.56. The van der Waals surface area contributed by atoms with Crippen LogP contribution in [0.15, 0.2) is 10.7 Å². The van der Waals surface area contributed by atoms with Crippen LogP contribution in [0.3, 0.4) is 0 Å². The molecule has 0 aromatic carbocycles. The molecule has 0 amide bonds. The Morgan fingerprint density at radius 3 is 2.55 bits per heavy atom. The van der Waals surface area contributed by atoms with Gasteiger partial charge >= 0.3 is 0 Å². The number of aromatic nitrogens is 2. The molecule has 1 N–H and O–H groups in total. The number of hydrogen-bond acceptors (Lipinski definition) is 2. The fourth-order valence-electron chi connectivity index (χ4n) is 3.38. The van der Waals surface area contributed by atoms with E-state index in [1.165, 1.54) is 31.4 Å². The van der Waals surface area contributed by atoms with Gasteiger partial charge in [0.15, 0.2) is 0 Å². The van der Waals surface area contributed by atoms with Crippen molar-refractivity contribution in [2.45, 2.75) is 65.5 Å². The zero-order chi connectivity index (χ0) is 14.7. The first-order valence-corrected chi connectivity index (χ1v) is 8.80. The third-order valence-corrected chi connectivity index (χ3v) is 5.14.